The molecule has 96 valence electrons. The molecule has 1 aromatic carbocycles. The van der Waals surface area contributed by atoms with Gasteiger partial charge in [0.2, 0.25) is 0 Å². The van der Waals surface area contributed by atoms with Crippen molar-refractivity contribution in [3.05, 3.63) is 65.1 Å². The highest BCUT2D eigenvalue weighted by Gasteiger charge is 2.06. The van der Waals surface area contributed by atoms with Crippen molar-refractivity contribution in [1.29, 1.82) is 0 Å². The van der Waals surface area contributed by atoms with Crippen LogP contribution in [0.3, 0.4) is 0 Å². The molecular weight excluding hydrogens is 260 g/mol. The zero-order chi connectivity index (χ0) is 13.2. The lowest BCUT2D eigenvalue weighted by Gasteiger charge is -2.07. The van der Waals surface area contributed by atoms with Crippen molar-refractivity contribution in [3.63, 3.8) is 0 Å². The smallest absolute Gasteiger partial charge is 0.138 e. The van der Waals surface area contributed by atoms with Gasteiger partial charge in [0, 0.05) is 0 Å². The van der Waals surface area contributed by atoms with Crippen molar-refractivity contribution in [2.75, 3.05) is 0 Å². The van der Waals surface area contributed by atoms with Crippen molar-refractivity contribution in [1.82, 2.24) is 9.38 Å². The largest absolute Gasteiger partial charge is 0.487 e. The number of nitrogens with zero attached hydrogens (tertiary/aromatic N) is 2. The number of benzene rings is 1. The lowest BCUT2D eigenvalue weighted by molar-refractivity contribution is 0.300. The van der Waals surface area contributed by atoms with Gasteiger partial charge in [-0.15, -0.1) is 0 Å². The first-order valence-corrected chi connectivity index (χ1v) is 6.42. The van der Waals surface area contributed by atoms with E-state index in [2.05, 4.69) is 4.98 Å². The van der Waals surface area contributed by atoms with Gasteiger partial charge >= 0.3 is 0 Å². The van der Waals surface area contributed by atoms with Crippen molar-refractivity contribution in [3.8, 4) is 5.75 Å². The van der Waals surface area contributed by atoms with Crippen LogP contribution in [-0.4, -0.2) is 9.38 Å². The fourth-order valence-corrected chi connectivity index (χ4v) is 2.22. The highest BCUT2D eigenvalue weighted by molar-refractivity contribution is 6.29. The molecule has 0 saturated carbocycles. The summed E-state index contributed by atoms with van der Waals surface area (Å²) >= 11 is 6.17. The van der Waals surface area contributed by atoms with Crippen molar-refractivity contribution in [2.24, 2.45) is 0 Å². The molecule has 4 heteroatoms. The Bertz CT molecular complexity index is 704. The second-order valence-electron chi connectivity index (χ2n) is 4.39. The van der Waals surface area contributed by atoms with Gasteiger partial charge in [0.25, 0.3) is 0 Å². The van der Waals surface area contributed by atoms with Gasteiger partial charge in [-0.25, -0.2) is 4.98 Å². The van der Waals surface area contributed by atoms with E-state index < -0.39 is 0 Å². The van der Waals surface area contributed by atoms with Crippen LogP contribution in [0.15, 0.2) is 48.7 Å². The molecule has 0 radical (unpaired) electrons. The molecule has 0 bridgehead atoms. The minimum atomic E-state index is 0.438. The number of halogens is 1. The Hall–Kier alpha value is -2.00. The maximum atomic E-state index is 6.17. The third-order valence-electron chi connectivity index (χ3n) is 2.96. The molecule has 0 saturated heterocycles. The van der Waals surface area contributed by atoms with E-state index in [9.17, 15) is 0 Å². The topological polar surface area (TPSA) is 26.5 Å². The van der Waals surface area contributed by atoms with E-state index in [1.54, 1.807) is 6.20 Å². The number of imidazole rings is 1. The Morgan fingerprint density at radius 3 is 2.74 bits per heavy atom. The molecule has 2 aromatic heterocycles. The Balaban J connectivity index is 1.84. The lowest BCUT2D eigenvalue weighted by atomic mass is 10.2. The highest BCUT2D eigenvalue weighted by Crippen LogP contribution is 2.18. The first-order chi connectivity index (χ1) is 9.24. The summed E-state index contributed by atoms with van der Waals surface area (Å²) in [6.07, 6.45) is 1.79. The SMILES string of the molecule is Cc1ccc(OCc2cnc3cccc(Cl)n23)cc1. The molecule has 0 atom stereocenters. The van der Waals surface area contributed by atoms with Crippen LogP contribution in [0.5, 0.6) is 5.75 Å². The third kappa shape index (κ3) is 2.42. The summed E-state index contributed by atoms with van der Waals surface area (Å²) in [6.45, 7) is 2.49. The van der Waals surface area contributed by atoms with Gasteiger partial charge < -0.3 is 4.74 Å². The van der Waals surface area contributed by atoms with Crippen LogP contribution in [0.4, 0.5) is 0 Å². The van der Waals surface area contributed by atoms with E-state index in [1.165, 1.54) is 5.56 Å². The van der Waals surface area contributed by atoms with Crippen LogP contribution < -0.4 is 4.74 Å². The maximum Gasteiger partial charge on any atom is 0.138 e. The fourth-order valence-electron chi connectivity index (χ4n) is 1.95. The molecule has 3 aromatic rings. The van der Waals surface area contributed by atoms with Crippen LogP contribution in [0, 0.1) is 6.92 Å². The van der Waals surface area contributed by atoms with E-state index in [0.717, 1.165) is 17.1 Å². The molecule has 2 heterocycles. The number of fused-ring (bicyclic) bond motifs is 1. The van der Waals surface area contributed by atoms with Gasteiger partial charge in [0.15, 0.2) is 0 Å². The van der Waals surface area contributed by atoms with Gasteiger partial charge in [-0.2, -0.15) is 0 Å². The number of rotatable bonds is 3. The molecule has 0 N–H and O–H groups in total. The van der Waals surface area contributed by atoms with Gasteiger partial charge in [-0.05, 0) is 31.2 Å². The van der Waals surface area contributed by atoms with Crippen LogP contribution in [0.25, 0.3) is 5.65 Å². The minimum absolute atomic E-state index is 0.438. The minimum Gasteiger partial charge on any atom is -0.487 e. The fraction of sp³-hybridized carbons (Fsp3) is 0.133. The summed E-state index contributed by atoms with van der Waals surface area (Å²) in [5.74, 6) is 0.840. The average Bonchev–Trinajstić information content (AvgIpc) is 2.83. The zero-order valence-corrected chi connectivity index (χ0v) is 11.3. The van der Waals surface area contributed by atoms with Gasteiger partial charge in [-0.3, -0.25) is 4.40 Å². The molecule has 0 fully saturated rings. The molecule has 19 heavy (non-hydrogen) atoms. The summed E-state index contributed by atoms with van der Waals surface area (Å²) in [6, 6.07) is 13.6. The standard InChI is InChI=1S/C15H13ClN2O/c1-11-5-7-13(8-6-11)19-10-12-9-17-15-4-2-3-14(16)18(12)15/h2-9H,10H2,1H3. The summed E-state index contributed by atoms with van der Waals surface area (Å²) in [5.41, 5.74) is 2.97. The van der Waals surface area contributed by atoms with Gasteiger partial charge in [0.1, 0.15) is 23.2 Å². The first kappa shape index (κ1) is 12.1. The Labute approximate surface area is 116 Å². The molecule has 0 unspecified atom stereocenters. The monoisotopic (exact) mass is 272 g/mol. The van der Waals surface area contributed by atoms with E-state index in [0.29, 0.717) is 11.8 Å². The number of ether oxygens (including phenoxy) is 1. The maximum absolute atomic E-state index is 6.17. The van der Waals surface area contributed by atoms with Crippen LogP contribution >= 0.6 is 11.6 Å². The Kier molecular flexibility index (Phi) is 3.13. The quantitative estimate of drug-likeness (QED) is 0.677. The van der Waals surface area contributed by atoms with Crippen LogP contribution in [0.1, 0.15) is 11.3 Å². The second-order valence-corrected chi connectivity index (χ2v) is 4.78. The molecule has 3 rings (SSSR count). The average molecular weight is 273 g/mol. The normalized spacial score (nSPS) is 10.8. The third-order valence-corrected chi connectivity index (χ3v) is 3.26. The molecule has 0 aliphatic rings. The second kappa shape index (κ2) is 4.94. The summed E-state index contributed by atoms with van der Waals surface area (Å²) < 4.78 is 7.63. The van der Waals surface area contributed by atoms with Crippen LogP contribution in [0.2, 0.25) is 5.15 Å². The van der Waals surface area contributed by atoms with Crippen molar-refractivity contribution < 1.29 is 4.74 Å². The number of hydrogen-bond donors (Lipinski definition) is 0. The van der Waals surface area contributed by atoms with E-state index in [1.807, 2.05) is 53.8 Å². The first-order valence-electron chi connectivity index (χ1n) is 6.04. The number of aromatic nitrogens is 2. The summed E-state index contributed by atoms with van der Waals surface area (Å²) in [5, 5.41) is 0.637. The summed E-state index contributed by atoms with van der Waals surface area (Å²) in [4.78, 5) is 4.30. The predicted molar refractivity (Wildman–Crippen MR) is 75.7 cm³/mol. The summed E-state index contributed by atoms with van der Waals surface area (Å²) in [7, 11) is 0. The van der Waals surface area contributed by atoms with Gasteiger partial charge in [0.05, 0.1) is 11.9 Å². The number of hydrogen-bond acceptors (Lipinski definition) is 2. The Morgan fingerprint density at radius 1 is 1.16 bits per heavy atom. The number of pyridine rings is 1. The zero-order valence-electron chi connectivity index (χ0n) is 10.5. The number of aryl methyl sites for hydroxylation is 1. The van der Waals surface area contributed by atoms with Crippen molar-refractivity contribution in [2.45, 2.75) is 13.5 Å². The lowest BCUT2D eigenvalue weighted by Crippen LogP contribution is -2.00. The van der Waals surface area contributed by atoms with Crippen molar-refractivity contribution >= 4 is 17.2 Å². The molecule has 0 spiro atoms. The molecular formula is C15H13ClN2O. The van der Waals surface area contributed by atoms with E-state index in [4.69, 9.17) is 16.3 Å². The molecule has 0 amide bonds. The van der Waals surface area contributed by atoms with E-state index >= 15 is 0 Å². The Morgan fingerprint density at radius 2 is 1.95 bits per heavy atom. The van der Waals surface area contributed by atoms with E-state index in [-0.39, 0.29) is 0 Å². The molecule has 0 aliphatic carbocycles. The predicted octanol–water partition coefficient (Wildman–Crippen LogP) is 3.88. The highest BCUT2D eigenvalue weighted by atomic mass is 35.5. The molecule has 0 aliphatic heterocycles. The van der Waals surface area contributed by atoms with Gasteiger partial charge in [-0.1, -0.05) is 35.4 Å². The van der Waals surface area contributed by atoms with Crippen LogP contribution in [-0.2, 0) is 6.61 Å². The molecule has 3 nitrogen and oxygen atoms in total.